The summed E-state index contributed by atoms with van der Waals surface area (Å²) >= 11 is 4.41. The number of nitrogens with one attached hydrogen (secondary N) is 2. The Balaban J connectivity index is 1.59. The highest BCUT2D eigenvalue weighted by Gasteiger charge is 2.12. The summed E-state index contributed by atoms with van der Waals surface area (Å²) in [4.78, 5) is 22.9. The van der Waals surface area contributed by atoms with E-state index < -0.39 is 11.6 Å². The molecule has 2 aromatic heterocycles. The Morgan fingerprint density at radius 2 is 2.13 bits per heavy atom. The Hall–Kier alpha value is -2.40. The first kappa shape index (κ1) is 15.5. The van der Waals surface area contributed by atoms with Crippen molar-refractivity contribution in [3.05, 3.63) is 45.5 Å². The highest BCUT2D eigenvalue weighted by molar-refractivity contribution is 9.10. The standard InChI is InChI=1S/C12H9BrN6O3S/c13-8-3-1-7(2-4-8)10-15-17-12(22-10)23-5-9(20)18-19-6-14-16-11(19)21/h1-4,6H,5H2,(H,16,21)(H,18,20). The fraction of sp³-hybridized carbons (Fsp3) is 0.0833. The first-order valence-electron chi connectivity index (χ1n) is 6.26. The van der Waals surface area contributed by atoms with Crippen LogP contribution in [0.1, 0.15) is 0 Å². The number of halogens is 1. The molecule has 0 aliphatic heterocycles. The summed E-state index contributed by atoms with van der Waals surface area (Å²) in [5.74, 6) is -0.0204. The number of hydrogen-bond donors (Lipinski definition) is 2. The average molecular weight is 397 g/mol. The number of amides is 1. The van der Waals surface area contributed by atoms with Gasteiger partial charge >= 0.3 is 5.69 Å². The van der Waals surface area contributed by atoms with E-state index in [0.717, 1.165) is 26.5 Å². The molecule has 0 spiro atoms. The van der Waals surface area contributed by atoms with Crippen LogP contribution in [0.15, 0.2) is 49.5 Å². The van der Waals surface area contributed by atoms with Gasteiger partial charge < -0.3 is 4.42 Å². The molecule has 2 N–H and O–H groups in total. The largest absolute Gasteiger partial charge is 0.411 e. The lowest BCUT2D eigenvalue weighted by molar-refractivity contribution is -0.114. The van der Waals surface area contributed by atoms with E-state index in [9.17, 15) is 9.59 Å². The normalized spacial score (nSPS) is 10.7. The third-order valence-electron chi connectivity index (χ3n) is 2.62. The topological polar surface area (TPSA) is 119 Å². The number of aromatic amines is 1. The smallest absolute Gasteiger partial charge is 0.362 e. The molecule has 1 amide bonds. The number of thioether (sulfide) groups is 1. The van der Waals surface area contributed by atoms with E-state index >= 15 is 0 Å². The molecule has 1 aromatic carbocycles. The number of aromatic nitrogens is 5. The lowest BCUT2D eigenvalue weighted by Crippen LogP contribution is -2.31. The summed E-state index contributed by atoms with van der Waals surface area (Å²) in [7, 11) is 0. The molecule has 3 aromatic rings. The van der Waals surface area contributed by atoms with Crippen LogP contribution in [0.5, 0.6) is 0 Å². The van der Waals surface area contributed by atoms with Gasteiger partial charge in [-0.3, -0.25) is 10.2 Å². The number of rotatable bonds is 5. The molecule has 2 heterocycles. The second-order valence-electron chi connectivity index (χ2n) is 4.24. The van der Waals surface area contributed by atoms with Gasteiger partial charge in [-0.15, -0.1) is 10.2 Å². The number of carbonyl (C=O) groups is 1. The van der Waals surface area contributed by atoms with Crippen LogP contribution in [0.4, 0.5) is 0 Å². The maximum atomic E-state index is 11.7. The van der Waals surface area contributed by atoms with Crippen LogP contribution in [-0.4, -0.2) is 36.7 Å². The highest BCUT2D eigenvalue weighted by Crippen LogP contribution is 2.24. The predicted molar refractivity (Wildman–Crippen MR) is 85.4 cm³/mol. The van der Waals surface area contributed by atoms with Crippen LogP contribution in [-0.2, 0) is 4.79 Å². The highest BCUT2D eigenvalue weighted by atomic mass is 79.9. The van der Waals surface area contributed by atoms with E-state index in [2.05, 4.69) is 41.8 Å². The first-order valence-corrected chi connectivity index (χ1v) is 8.04. The van der Waals surface area contributed by atoms with Crippen LogP contribution in [0.2, 0.25) is 0 Å². The van der Waals surface area contributed by atoms with Gasteiger partial charge in [-0.2, -0.15) is 9.77 Å². The summed E-state index contributed by atoms with van der Waals surface area (Å²) in [5, 5.41) is 13.7. The van der Waals surface area contributed by atoms with Crippen LogP contribution in [0, 0.1) is 0 Å². The second-order valence-corrected chi connectivity index (χ2v) is 6.08. The van der Waals surface area contributed by atoms with Crippen molar-refractivity contribution in [2.45, 2.75) is 5.22 Å². The molecule has 11 heteroatoms. The first-order chi connectivity index (χ1) is 11.1. The molecule has 0 aliphatic rings. The van der Waals surface area contributed by atoms with Crippen LogP contribution in [0.3, 0.4) is 0 Å². The quantitative estimate of drug-likeness (QED) is 0.622. The number of nitrogens with zero attached hydrogens (tertiary/aromatic N) is 4. The zero-order valence-electron chi connectivity index (χ0n) is 11.4. The van der Waals surface area contributed by atoms with Gasteiger partial charge in [0.15, 0.2) is 0 Å². The predicted octanol–water partition coefficient (Wildman–Crippen LogP) is 1.25. The van der Waals surface area contributed by atoms with Crippen LogP contribution >= 0.6 is 27.7 Å². The van der Waals surface area contributed by atoms with Gasteiger partial charge in [0.2, 0.25) is 11.8 Å². The third-order valence-corrected chi connectivity index (χ3v) is 3.97. The van der Waals surface area contributed by atoms with E-state index in [1.807, 2.05) is 24.3 Å². The summed E-state index contributed by atoms with van der Waals surface area (Å²) < 4.78 is 7.37. The number of benzene rings is 1. The Morgan fingerprint density at radius 3 is 2.83 bits per heavy atom. The molecule has 0 fully saturated rings. The lowest BCUT2D eigenvalue weighted by Gasteiger charge is -2.01. The maximum absolute atomic E-state index is 11.7. The molecule has 0 atom stereocenters. The van der Waals surface area contributed by atoms with E-state index in [1.165, 1.54) is 6.33 Å². The fourth-order valence-corrected chi connectivity index (χ4v) is 2.42. The van der Waals surface area contributed by atoms with Crippen LogP contribution < -0.4 is 11.1 Å². The number of hydrogen-bond acceptors (Lipinski definition) is 7. The van der Waals surface area contributed by atoms with Crippen molar-refractivity contribution in [3.8, 4) is 11.5 Å². The SMILES string of the molecule is O=C(CSc1nnc(-c2ccc(Br)cc2)o1)Nn1cn[nH]c1=O. The van der Waals surface area contributed by atoms with Gasteiger partial charge in [-0.1, -0.05) is 27.7 Å². The monoisotopic (exact) mass is 396 g/mol. The Kier molecular flexibility index (Phi) is 4.57. The van der Waals surface area contributed by atoms with Crippen molar-refractivity contribution >= 4 is 33.6 Å². The van der Waals surface area contributed by atoms with E-state index in [4.69, 9.17) is 4.42 Å². The zero-order valence-corrected chi connectivity index (χ0v) is 13.8. The molecule has 3 rings (SSSR count). The Morgan fingerprint density at radius 1 is 1.35 bits per heavy atom. The molecule has 0 radical (unpaired) electrons. The molecule has 0 aliphatic carbocycles. The summed E-state index contributed by atoms with van der Waals surface area (Å²) in [6, 6.07) is 7.40. The minimum Gasteiger partial charge on any atom is -0.411 e. The molecule has 118 valence electrons. The van der Waals surface area contributed by atoms with Gasteiger partial charge in [0.25, 0.3) is 5.22 Å². The minimum absolute atomic E-state index is 0.0135. The number of H-pyrrole nitrogens is 1. The molecular formula is C12H9BrN6O3S. The van der Waals surface area contributed by atoms with Gasteiger partial charge in [-0.25, -0.2) is 9.89 Å². The van der Waals surface area contributed by atoms with Gasteiger partial charge in [-0.05, 0) is 24.3 Å². The van der Waals surface area contributed by atoms with Crippen LogP contribution in [0.25, 0.3) is 11.5 Å². The molecule has 23 heavy (non-hydrogen) atoms. The van der Waals surface area contributed by atoms with Gasteiger partial charge in [0, 0.05) is 10.0 Å². The lowest BCUT2D eigenvalue weighted by atomic mass is 10.2. The molecule has 0 unspecified atom stereocenters. The molecular weight excluding hydrogens is 388 g/mol. The van der Waals surface area contributed by atoms with Crippen molar-refractivity contribution in [3.63, 3.8) is 0 Å². The molecule has 9 nitrogen and oxygen atoms in total. The second kappa shape index (κ2) is 6.79. The maximum Gasteiger partial charge on any atom is 0.362 e. The fourth-order valence-electron chi connectivity index (χ4n) is 1.60. The van der Waals surface area contributed by atoms with Gasteiger partial charge in [0.05, 0.1) is 5.75 Å². The molecule has 0 saturated carbocycles. The summed E-state index contributed by atoms with van der Waals surface area (Å²) in [5.41, 5.74) is 2.61. The van der Waals surface area contributed by atoms with E-state index in [1.54, 1.807) is 0 Å². The summed E-state index contributed by atoms with van der Waals surface area (Å²) in [6.45, 7) is 0. The van der Waals surface area contributed by atoms with Crippen molar-refractivity contribution < 1.29 is 9.21 Å². The zero-order chi connectivity index (χ0) is 16.2. The Bertz CT molecular complexity index is 871. The van der Waals surface area contributed by atoms with Crippen molar-refractivity contribution in [2.24, 2.45) is 0 Å². The van der Waals surface area contributed by atoms with E-state index in [-0.39, 0.29) is 11.0 Å². The van der Waals surface area contributed by atoms with Crippen molar-refractivity contribution in [1.29, 1.82) is 0 Å². The van der Waals surface area contributed by atoms with E-state index in [0.29, 0.717) is 5.89 Å². The average Bonchev–Trinajstić information content (AvgIpc) is 3.16. The third kappa shape index (κ3) is 3.87. The molecule has 0 saturated heterocycles. The van der Waals surface area contributed by atoms with Crippen molar-refractivity contribution in [2.75, 3.05) is 11.2 Å². The summed E-state index contributed by atoms with van der Waals surface area (Å²) in [6.07, 6.45) is 1.17. The Labute approximate surface area is 141 Å². The van der Waals surface area contributed by atoms with Crippen molar-refractivity contribution in [1.82, 2.24) is 25.1 Å². The molecule has 0 bridgehead atoms. The number of carbonyl (C=O) groups excluding carboxylic acids is 1. The van der Waals surface area contributed by atoms with Gasteiger partial charge in [0.1, 0.15) is 6.33 Å². The minimum atomic E-state index is -0.529.